The second-order valence-electron chi connectivity index (χ2n) is 23.9. The molecule has 6 N–H and O–H groups in total. The van der Waals surface area contributed by atoms with Gasteiger partial charge in [-0.05, 0) is 167 Å². The number of unbranched alkanes of at least 4 members (excludes halogenated alkanes) is 6. The van der Waals surface area contributed by atoms with E-state index in [1.807, 2.05) is 56.3 Å². The lowest BCUT2D eigenvalue weighted by Crippen LogP contribution is -2.26. The van der Waals surface area contributed by atoms with Gasteiger partial charge >= 0.3 is 0 Å². The Hall–Kier alpha value is -11.1. The molecule has 10 heteroatoms. The standard InChI is InChI=1S/C78H72N8.C5H6N2.C2H6/c1-3-5-7-21-49-78(50-22-8-6-4-2)72-53-57(68-44-43-66(74(79)75(68)80)55-31-37-64(38-32-55)85(60-23-13-9-14-24-60)61-25-15-10-16-26-61)35-41-70(72)71-42-36-58(54-73(71)78)69-46-45-67(76(81)77(69)84-83-59-47-51-82-52-48-59)56-33-39-65(40-34-56)86(62-27-17-11-18-28-62)63-29-19-12-20-30-63;6-5-1-3-7-4-2-5;1-2/h9-20,23-48,51-54,79-81H,3-8,21-22,49-50H2,1-2H3,(H,82,83);1-4H,(H2,6,7);1-2H3/b79-74?,80-75?,81-76?,84-77-;;. The number of rotatable bonds is 22. The lowest BCUT2D eigenvalue weighted by molar-refractivity contribution is 0.401. The molecule has 0 amide bonds. The molecule has 0 bridgehead atoms. The lowest BCUT2D eigenvalue weighted by Gasteiger charge is -2.34. The average Bonchev–Trinajstić information content (AvgIpc) is 1.57. The summed E-state index contributed by atoms with van der Waals surface area (Å²) in [4.78, 5) is 12.5. The molecule has 0 aliphatic heterocycles. The highest BCUT2D eigenvalue weighted by Crippen LogP contribution is 2.56. The Morgan fingerprint density at radius 1 is 0.389 bits per heavy atom. The first kappa shape index (κ1) is 65.4. The van der Waals surface area contributed by atoms with E-state index in [0.29, 0.717) is 11.4 Å². The number of fused-ring (bicyclic) bond motifs is 3. The Morgan fingerprint density at radius 3 is 1.13 bits per heavy atom. The van der Waals surface area contributed by atoms with Crippen molar-refractivity contribution in [3.05, 3.63) is 313 Å². The van der Waals surface area contributed by atoms with E-state index >= 15 is 0 Å². The Labute approximate surface area is 561 Å². The molecule has 474 valence electrons. The third-order valence-corrected chi connectivity index (χ3v) is 17.9. The smallest absolute Gasteiger partial charge is 0.117 e. The molecule has 10 aromatic rings. The van der Waals surface area contributed by atoms with Gasteiger partial charge in [-0.3, -0.25) is 31.6 Å². The van der Waals surface area contributed by atoms with Gasteiger partial charge in [-0.15, -0.1) is 0 Å². The topological polar surface area (TPSA) is 154 Å². The second-order valence-corrected chi connectivity index (χ2v) is 23.9. The van der Waals surface area contributed by atoms with Crippen LogP contribution in [0.15, 0.2) is 285 Å². The molecule has 10 nitrogen and oxygen atoms in total. The Morgan fingerprint density at radius 2 is 0.737 bits per heavy atom. The quantitative estimate of drug-likeness (QED) is 0.0259. The summed E-state index contributed by atoms with van der Waals surface area (Å²) in [5.41, 5.74) is 29.5. The minimum Gasteiger partial charge on any atom is -0.399 e. The van der Waals surface area contributed by atoms with Crippen molar-refractivity contribution in [1.29, 1.82) is 16.2 Å². The largest absolute Gasteiger partial charge is 0.399 e. The molecular formula is C85H84N10. The highest BCUT2D eigenvalue weighted by molar-refractivity contribution is 6.69. The summed E-state index contributed by atoms with van der Waals surface area (Å²) in [6, 6.07) is 79.5. The zero-order valence-corrected chi connectivity index (χ0v) is 54.9. The van der Waals surface area contributed by atoms with Crippen molar-refractivity contribution in [1.82, 2.24) is 9.97 Å². The van der Waals surface area contributed by atoms with E-state index in [1.54, 1.807) is 36.9 Å². The van der Waals surface area contributed by atoms with Crippen LogP contribution in [0.4, 0.5) is 45.5 Å². The van der Waals surface area contributed by atoms with Crippen molar-refractivity contribution in [2.24, 2.45) is 5.10 Å². The lowest BCUT2D eigenvalue weighted by atomic mass is 9.69. The van der Waals surface area contributed by atoms with Crippen LogP contribution in [0.25, 0.3) is 33.4 Å². The van der Waals surface area contributed by atoms with Gasteiger partial charge in [-0.25, -0.2) is 0 Å². The van der Waals surface area contributed by atoms with Crippen LogP contribution in [0.2, 0.25) is 0 Å². The van der Waals surface area contributed by atoms with Crippen LogP contribution < -0.4 is 21.0 Å². The van der Waals surface area contributed by atoms with E-state index in [1.165, 1.54) is 35.1 Å². The number of nitrogens with zero attached hydrogens (tertiary/aromatic N) is 5. The van der Waals surface area contributed by atoms with Gasteiger partial charge in [-0.2, -0.15) is 5.10 Å². The summed E-state index contributed by atoms with van der Waals surface area (Å²) in [7, 11) is 0. The first-order chi connectivity index (χ1) is 46.7. The van der Waals surface area contributed by atoms with E-state index in [2.05, 4.69) is 239 Å². The highest BCUT2D eigenvalue weighted by Gasteiger charge is 2.43. The molecule has 13 rings (SSSR count). The second kappa shape index (κ2) is 31.5. The SMILES string of the molecule is CC.CCCCCCC1(CCCCCC)c2cc(C3=CC=C(c4ccc(N(c5ccccc5)c5ccccc5)cc4)C(=N)C3=N)ccc2-c2ccc(C3=CC=C(c4ccc(N(c5ccccc5)c5ccccc5)cc4)C(=N)/C3=N\Nc3ccncc3)cc21.Nc1ccncc1. The first-order valence-electron chi connectivity index (χ1n) is 33.6. The Bertz CT molecular complexity index is 4310. The van der Waals surface area contributed by atoms with Gasteiger partial charge < -0.3 is 15.5 Å². The van der Waals surface area contributed by atoms with Crippen LogP contribution in [0.5, 0.6) is 0 Å². The van der Waals surface area contributed by atoms with E-state index < -0.39 is 0 Å². The number of allylic oxidation sites excluding steroid dienone is 8. The fourth-order valence-electron chi connectivity index (χ4n) is 13.2. The molecule has 2 heterocycles. The zero-order chi connectivity index (χ0) is 65.9. The molecule has 0 saturated heterocycles. The van der Waals surface area contributed by atoms with Gasteiger partial charge in [-0.1, -0.05) is 225 Å². The average molecular weight is 1250 g/mol. The number of benzene rings is 8. The predicted molar refractivity (Wildman–Crippen MR) is 403 cm³/mol. The van der Waals surface area contributed by atoms with Gasteiger partial charge in [0.25, 0.3) is 0 Å². The summed E-state index contributed by atoms with van der Waals surface area (Å²) in [6.45, 7) is 8.56. The molecule has 0 spiro atoms. The van der Waals surface area contributed by atoms with Gasteiger partial charge in [0, 0.05) is 92.3 Å². The number of hydrogen-bond donors (Lipinski definition) is 5. The zero-order valence-electron chi connectivity index (χ0n) is 54.9. The summed E-state index contributed by atoms with van der Waals surface area (Å²) in [5, 5.41) is 34.4. The summed E-state index contributed by atoms with van der Waals surface area (Å²) < 4.78 is 0. The molecular weight excluding hydrogens is 1160 g/mol. The summed E-state index contributed by atoms with van der Waals surface area (Å²) >= 11 is 0. The van der Waals surface area contributed by atoms with E-state index in [4.69, 9.17) is 10.8 Å². The van der Waals surface area contributed by atoms with Crippen LogP contribution in [0.3, 0.4) is 0 Å². The van der Waals surface area contributed by atoms with Gasteiger partial charge in [0.2, 0.25) is 0 Å². The number of nitrogens with one attached hydrogen (secondary N) is 4. The van der Waals surface area contributed by atoms with E-state index in [9.17, 15) is 16.2 Å². The monoisotopic (exact) mass is 1240 g/mol. The van der Waals surface area contributed by atoms with Crippen molar-refractivity contribution < 1.29 is 0 Å². The maximum Gasteiger partial charge on any atom is 0.117 e. The molecule has 0 fully saturated rings. The predicted octanol–water partition coefficient (Wildman–Crippen LogP) is 22.4. The normalized spacial score (nSPS) is 13.9. The molecule has 3 aliphatic carbocycles. The number of para-hydroxylation sites is 4. The summed E-state index contributed by atoms with van der Waals surface area (Å²) in [6.07, 6.45) is 26.3. The Kier molecular flexibility index (Phi) is 21.7. The van der Waals surface area contributed by atoms with Gasteiger partial charge in [0.05, 0.1) is 22.8 Å². The minimum absolute atomic E-state index is 0.214. The molecule has 0 atom stereocenters. The maximum absolute atomic E-state index is 10.0. The van der Waals surface area contributed by atoms with Crippen molar-refractivity contribution in [2.75, 3.05) is 21.0 Å². The number of nitrogens with two attached hydrogens (primary N) is 1. The molecule has 3 aliphatic rings. The number of anilines is 8. The molecule has 8 aromatic carbocycles. The van der Waals surface area contributed by atoms with Crippen molar-refractivity contribution in [3.8, 4) is 11.1 Å². The van der Waals surface area contributed by atoms with Crippen LogP contribution in [-0.2, 0) is 5.41 Å². The first-order valence-corrected chi connectivity index (χ1v) is 33.6. The van der Waals surface area contributed by atoms with Crippen molar-refractivity contribution >= 4 is 90.6 Å². The van der Waals surface area contributed by atoms with Crippen LogP contribution in [-0.4, -0.2) is 32.8 Å². The molecule has 0 unspecified atom stereocenters. The molecule has 2 aromatic heterocycles. The van der Waals surface area contributed by atoms with Gasteiger partial charge in [0.1, 0.15) is 5.71 Å². The van der Waals surface area contributed by atoms with Crippen molar-refractivity contribution in [3.63, 3.8) is 0 Å². The van der Waals surface area contributed by atoms with Gasteiger partial charge in [0.15, 0.2) is 0 Å². The van der Waals surface area contributed by atoms with Crippen LogP contribution in [0, 0.1) is 16.2 Å². The minimum atomic E-state index is -0.301. The van der Waals surface area contributed by atoms with Crippen molar-refractivity contribution in [2.45, 2.75) is 97.3 Å². The molecule has 0 saturated carbocycles. The fraction of sp³-hybridized carbons (Fsp3) is 0.176. The fourth-order valence-corrected chi connectivity index (χ4v) is 13.2. The number of nitrogen functional groups attached to an aromatic ring is 1. The summed E-state index contributed by atoms with van der Waals surface area (Å²) in [5.74, 6) is 0. The number of hydrogen-bond acceptors (Lipinski definition) is 10. The third kappa shape index (κ3) is 14.7. The highest BCUT2D eigenvalue weighted by atomic mass is 15.3. The van der Waals surface area contributed by atoms with Crippen LogP contribution >= 0.6 is 0 Å². The number of aromatic nitrogens is 2. The number of hydrazone groups is 1. The maximum atomic E-state index is 10.0. The number of pyridine rings is 2. The van der Waals surface area contributed by atoms with E-state index in [-0.39, 0.29) is 16.8 Å². The molecule has 95 heavy (non-hydrogen) atoms. The third-order valence-electron chi connectivity index (χ3n) is 17.9. The van der Waals surface area contributed by atoms with E-state index in [0.717, 1.165) is 141 Å². The molecule has 0 radical (unpaired) electrons. The Balaban J connectivity index is 0.000000951. The van der Waals surface area contributed by atoms with Crippen LogP contribution in [0.1, 0.15) is 125 Å².